The Balaban J connectivity index is 2.63. The number of aromatic nitrogens is 4. The van der Waals surface area contributed by atoms with Gasteiger partial charge in [-0.25, -0.2) is 5.10 Å². The minimum atomic E-state index is 0.0199. The van der Waals surface area contributed by atoms with Gasteiger partial charge in [-0.3, -0.25) is 13.8 Å². The number of nitrogens with one attached hydrogen (secondary N) is 1. The first kappa shape index (κ1) is 11.6. The van der Waals surface area contributed by atoms with Crippen LogP contribution in [-0.4, -0.2) is 19.2 Å². The van der Waals surface area contributed by atoms with E-state index in [4.69, 9.17) is 12.2 Å². The van der Waals surface area contributed by atoms with Crippen molar-refractivity contribution in [1.82, 2.24) is 19.2 Å². The van der Waals surface area contributed by atoms with Crippen LogP contribution in [0.25, 0.3) is 16.0 Å². The average Bonchev–Trinajstić information content (AvgIpc) is 2.88. The summed E-state index contributed by atoms with van der Waals surface area (Å²) in [5, 5.41) is 6.94. The van der Waals surface area contributed by atoms with Crippen molar-refractivity contribution in [3.8, 4) is 0 Å². The molecule has 0 atom stereocenters. The monoisotopic (exact) mass is 280 g/mol. The molecule has 0 saturated carbocycles. The number of aromatic amines is 1. The van der Waals surface area contributed by atoms with E-state index in [1.54, 1.807) is 4.57 Å². The van der Waals surface area contributed by atoms with E-state index in [1.807, 2.05) is 24.3 Å². The molecule has 94 valence electrons. The first-order valence-corrected chi connectivity index (χ1v) is 6.96. The molecule has 18 heavy (non-hydrogen) atoms. The Morgan fingerprint density at radius 1 is 1.56 bits per heavy atom. The molecule has 0 fully saturated rings. The maximum atomic E-state index is 12.4. The van der Waals surface area contributed by atoms with Crippen LogP contribution in [0.2, 0.25) is 0 Å². The molecular weight excluding hydrogens is 268 g/mol. The normalized spacial score (nSPS) is 11.7. The minimum Gasteiger partial charge on any atom is -0.276 e. The lowest BCUT2D eigenvalue weighted by molar-refractivity contribution is 0.664. The molecule has 5 nitrogen and oxygen atoms in total. The standard InChI is InChI=1S/C11H12N4OS2/c1-3-4-14-9(16)8-7(5-6(2)18-8)15-10(14)12-13-11(15)17/h5H,3-4H2,1-2H3,(H,13,17). The second-order valence-corrected chi connectivity index (χ2v) is 5.84. The Bertz CT molecular complexity index is 852. The minimum absolute atomic E-state index is 0.0199. The van der Waals surface area contributed by atoms with Crippen molar-refractivity contribution in [1.29, 1.82) is 0 Å². The van der Waals surface area contributed by atoms with Gasteiger partial charge in [0.05, 0.1) is 5.52 Å². The maximum absolute atomic E-state index is 12.4. The molecule has 3 rings (SSSR count). The third kappa shape index (κ3) is 1.47. The molecule has 3 heterocycles. The quantitative estimate of drug-likeness (QED) is 0.734. The Morgan fingerprint density at radius 3 is 3.06 bits per heavy atom. The largest absolute Gasteiger partial charge is 0.276 e. The van der Waals surface area contributed by atoms with E-state index < -0.39 is 0 Å². The van der Waals surface area contributed by atoms with Gasteiger partial charge in [0.15, 0.2) is 0 Å². The van der Waals surface area contributed by atoms with Crippen molar-refractivity contribution in [3.63, 3.8) is 0 Å². The zero-order chi connectivity index (χ0) is 12.9. The fourth-order valence-corrected chi connectivity index (χ4v) is 3.32. The molecule has 3 aromatic heterocycles. The van der Waals surface area contributed by atoms with Gasteiger partial charge < -0.3 is 0 Å². The van der Waals surface area contributed by atoms with Crippen molar-refractivity contribution in [3.05, 3.63) is 26.1 Å². The summed E-state index contributed by atoms with van der Waals surface area (Å²) in [5.74, 6) is 0.595. The number of thiophene rings is 1. The molecule has 0 aromatic carbocycles. The second kappa shape index (κ2) is 4.03. The van der Waals surface area contributed by atoms with Crippen LogP contribution >= 0.6 is 23.6 Å². The molecular formula is C11H12N4OS2. The van der Waals surface area contributed by atoms with Crippen LogP contribution in [0.3, 0.4) is 0 Å². The summed E-state index contributed by atoms with van der Waals surface area (Å²) >= 11 is 6.75. The van der Waals surface area contributed by atoms with Gasteiger partial charge in [0, 0.05) is 11.4 Å². The molecule has 0 aliphatic heterocycles. The number of nitrogens with zero attached hydrogens (tertiary/aromatic N) is 3. The number of aryl methyl sites for hydroxylation is 2. The zero-order valence-electron chi connectivity index (χ0n) is 10.1. The SMILES string of the molecule is CCCn1c(=O)c2sc(C)cc2n2c(=S)[nH]nc12. The molecule has 0 aliphatic carbocycles. The lowest BCUT2D eigenvalue weighted by Crippen LogP contribution is -2.22. The van der Waals surface area contributed by atoms with Crippen LogP contribution in [0, 0.1) is 11.7 Å². The highest BCUT2D eigenvalue weighted by atomic mass is 32.1. The zero-order valence-corrected chi connectivity index (χ0v) is 11.7. The average molecular weight is 280 g/mol. The van der Waals surface area contributed by atoms with Crippen LogP contribution in [0.4, 0.5) is 0 Å². The molecule has 3 aromatic rings. The van der Waals surface area contributed by atoms with Gasteiger partial charge in [0.2, 0.25) is 10.5 Å². The number of rotatable bonds is 2. The third-order valence-electron chi connectivity index (χ3n) is 2.86. The lowest BCUT2D eigenvalue weighted by atomic mass is 10.4. The van der Waals surface area contributed by atoms with Gasteiger partial charge >= 0.3 is 0 Å². The number of H-pyrrole nitrogens is 1. The second-order valence-electron chi connectivity index (χ2n) is 4.19. The van der Waals surface area contributed by atoms with Crippen LogP contribution in [0.15, 0.2) is 10.9 Å². The Labute approximate surface area is 112 Å². The van der Waals surface area contributed by atoms with Crippen LogP contribution in [0.1, 0.15) is 18.2 Å². The van der Waals surface area contributed by atoms with Crippen molar-refractivity contribution >= 4 is 39.5 Å². The van der Waals surface area contributed by atoms with Gasteiger partial charge in [0.25, 0.3) is 5.56 Å². The maximum Gasteiger partial charge on any atom is 0.272 e. The van der Waals surface area contributed by atoms with Crippen molar-refractivity contribution < 1.29 is 0 Å². The summed E-state index contributed by atoms with van der Waals surface area (Å²) < 4.78 is 4.79. The Morgan fingerprint density at radius 2 is 2.33 bits per heavy atom. The van der Waals surface area contributed by atoms with E-state index in [2.05, 4.69) is 10.2 Å². The van der Waals surface area contributed by atoms with Gasteiger partial charge in [-0.1, -0.05) is 6.92 Å². The predicted octanol–water partition coefficient (Wildman–Crippen LogP) is 2.49. The van der Waals surface area contributed by atoms with E-state index in [9.17, 15) is 4.79 Å². The topological polar surface area (TPSA) is 55.1 Å². The smallest absolute Gasteiger partial charge is 0.272 e. The molecule has 0 amide bonds. The van der Waals surface area contributed by atoms with Gasteiger partial charge in [-0.2, -0.15) is 0 Å². The molecule has 0 unspecified atom stereocenters. The fourth-order valence-electron chi connectivity index (χ4n) is 2.15. The van der Waals surface area contributed by atoms with Crippen LogP contribution < -0.4 is 5.56 Å². The van der Waals surface area contributed by atoms with Gasteiger partial charge in [-0.05, 0) is 31.6 Å². The highest BCUT2D eigenvalue weighted by molar-refractivity contribution is 7.71. The van der Waals surface area contributed by atoms with E-state index in [1.165, 1.54) is 11.3 Å². The molecule has 0 spiro atoms. The first-order chi connectivity index (χ1) is 8.63. The summed E-state index contributed by atoms with van der Waals surface area (Å²) in [5.41, 5.74) is 0.870. The molecule has 0 saturated heterocycles. The highest BCUT2D eigenvalue weighted by Gasteiger charge is 2.14. The molecule has 0 aliphatic rings. The Kier molecular flexibility index (Phi) is 2.60. The van der Waals surface area contributed by atoms with Crippen molar-refractivity contribution in [2.24, 2.45) is 0 Å². The van der Waals surface area contributed by atoms with Crippen LogP contribution in [0.5, 0.6) is 0 Å². The predicted molar refractivity (Wildman–Crippen MR) is 75.0 cm³/mol. The summed E-state index contributed by atoms with van der Waals surface area (Å²) in [6.45, 7) is 4.67. The summed E-state index contributed by atoms with van der Waals surface area (Å²) in [7, 11) is 0. The number of fused-ring (bicyclic) bond motifs is 3. The molecule has 1 N–H and O–H groups in total. The molecule has 0 radical (unpaired) electrons. The van der Waals surface area contributed by atoms with E-state index >= 15 is 0 Å². The summed E-state index contributed by atoms with van der Waals surface area (Å²) in [6, 6.07) is 1.98. The fraction of sp³-hybridized carbons (Fsp3) is 0.364. The van der Waals surface area contributed by atoms with Crippen molar-refractivity contribution in [2.45, 2.75) is 26.8 Å². The lowest BCUT2D eigenvalue weighted by Gasteiger charge is -2.05. The third-order valence-corrected chi connectivity index (χ3v) is 4.16. The summed E-state index contributed by atoms with van der Waals surface area (Å²) in [6.07, 6.45) is 0.880. The molecule has 0 bridgehead atoms. The highest BCUT2D eigenvalue weighted by Crippen LogP contribution is 2.22. The van der Waals surface area contributed by atoms with Gasteiger partial charge in [-0.15, -0.1) is 16.4 Å². The number of hydrogen-bond donors (Lipinski definition) is 1. The Hall–Kier alpha value is -1.47. The number of hydrogen-bond acceptors (Lipinski definition) is 4. The summed E-state index contributed by atoms with van der Waals surface area (Å²) in [4.78, 5) is 13.5. The van der Waals surface area contributed by atoms with E-state index in [-0.39, 0.29) is 5.56 Å². The van der Waals surface area contributed by atoms with E-state index in [0.717, 1.165) is 21.5 Å². The van der Waals surface area contributed by atoms with E-state index in [0.29, 0.717) is 17.1 Å². The first-order valence-electron chi connectivity index (χ1n) is 5.73. The van der Waals surface area contributed by atoms with Crippen LogP contribution in [-0.2, 0) is 6.54 Å². The van der Waals surface area contributed by atoms with Gasteiger partial charge in [0.1, 0.15) is 4.70 Å². The molecule has 7 heteroatoms. The van der Waals surface area contributed by atoms with Crippen molar-refractivity contribution in [2.75, 3.05) is 0 Å².